The van der Waals surface area contributed by atoms with Gasteiger partial charge in [0.1, 0.15) is 22.8 Å². The molecule has 0 radical (unpaired) electrons. The van der Waals surface area contributed by atoms with Gasteiger partial charge in [0, 0.05) is 11.6 Å². The zero-order valence-corrected chi connectivity index (χ0v) is 16.5. The maximum absolute atomic E-state index is 12.3. The van der Waals surface area contributed by atoms with E-state index in [1.54, 1.807) is 51.7 Å². The normalized spacial score (nSPS) is 10.3. The van der Waals surface area contributed by atoms with Crippen LogP contribution >= 0.6 is 23.6 Å². The van der Waals surface area contributed by atoms with Gasteiger partial charge < -0.3 is 19.5 Å². The predicted octanol–water partition coefficient (Wildman–Crippen LogP) is 3.45. The van der Waals surface area contributed by atoms with E-state index < -0.39 is 0 Å². The fraction of sp³-hybridized carbons (Fsp3) is 0.167. The van der Waals surface area contributed by atoms with Crippen molar-refractivity contribution in [1.29, 1.82) is 0 Å². The number of nitrogens with zero attached hydrogens (tertiary/aromatic N) is 1. The van der Waals surface area contributed by atoms with Gasteiger partial charge in [-0.3, -0.25) is 10.1 Å². The number of hydrogen-bond acceptors (Lipinski definition) is 7. The highest BCUT2D eigenvalue weighted by atomic mass is 32.1. The van der Waals surface area contributed by atoms with Crippen LogP contribution in [-0.2, 0) is 0 Å². The minimum Gasteiger partial charge on any atom is -0.497 e. The molecule has 0 saturated carbocycles. The van der Waals surface area contributed by atoms with Gasteiger partial charge in [-0.15, -0.1) is 0 Å². The Hall–Kier alpha value is -2.91. The Balaban J connectivity index is 1.74. The Kier molecular flexibility index (Phi) is 5.72. The molecular weight excluding hydrogens is 386 g/mol. The number of rotatable bonds is 5. The van der Waals surface area contributed by atoms with Gasteiger partial charge in [-0.05, 0) is 36.5 Å². The molecule has 27 heavy (non-hydrogen) atoms. The molecule has 3 aromatic rings. The van der Waals surface area contributed by atoms with Crippen LogP contribution in [0.5, 0.6) is 17.2 Å². The third-order valence-corrected chi connectivity index (χ3v) is 4.79. The molecule has 7 nitrogen and oxygen atoms in total. The van der Waals surface area contributed by atoms with Crippen molar-refractivity contribution in [3.63, 3.8) is 0 Å². The van der Waals surface area contributed by atoms with E-state index in [0.717, 1.165) is 4.70 Å². The highest BCUT2D eigenvalue weighted by Crippen LogP contribution is 2.36. The number of aromatic nitrogens is 1. The summed E-state index contributed by atoms with van der Waals surface area (Å²) in [4.78, 5) is 16.8. The monoisotopic (exact) mass is 403 g/mol. The number of carbonyl (C=O) groups is 1. The molecule has 0 unspecified atom stereocenters. The van der Waals surface area contributed by atoms with Crippen molar-refractivity contribution in [2.24, 2.45) is 0 Å². The second kappa shape index (κ2) is 8.19. The number of anilines is 1. The summed E-state index contributed by atoms with van der Waals surface area (Å²) >= 11 is 6.60. The average Bonchev–Trinajstić information content (AvgIpc) is 3.08. The SMILES string of the molecule is COc1cccc(C(=O)NC(=S)Nc2nc3c(OC)cc(OC)cc3s2)c1. The van der Waals surface area contributed by atoms with Crippen LogP contribution in [0, 0.1) is 0 Å². The maximum atomic E-state index is 12.3. The first-order chi connectivity index (χ1) is 13.0. The van der Waals surface area contributed by atoms with Crippen LogP contribution in [0.1, 0.15) is 10.4 Å². The molecule has 0 fully saturated rings. The lowest BCUT2D eigenvalue weighted by atomic mass is 10.2. The molecule has 1 aromatic heterocycles. The molecule has 140 valence electrons. The van der Waals surface area contributed by atoms with Crippen molar-refractivity contribution < 1.29 is 19.0 Å². The van der Waals surface area contributed by atoms with Crippen LogP contribution in [0.15, 0.2) is 36.4 Å². The van der Waals surface area contributed by atoms with Gasteiger partial charge >= 0.3 is 0 Å². The van der Waals surface area contributed by atoms with E-state index in [1.165, 1.54) is 11.3 Å². The van der Waals surface area contributed by atoms with E-state index in [2.05, 4.69) is 15.6 Å². The zero-order valence-electron chi connectivity index (χ0n) is 14.9. The summed E-state index contributed by atoms with van der Waals surface area (Å²) in [5.74, 6) is 1.52. The molecule has 0 aliphatic heterocycles. The molecule has 0 bridgehead atoms. The Morgan fingerprint density at radius 2 is 1.85 bits per heavy atom. The summed E-state index contributed by atoms with van der Waals surface area (Å²) in [6.07, 6.45) is 0. The van der Waals surface area contributed by atoms with Crippen LogP contribution < -0.4 is 24.8 Å². The first-order valence-corrected chi connectivity index (χ1v) is 9.05. The number of nitrogens with one attached hydrogen (secondary N) is 2. The molecule has 0 atom stereocenters. The minimum atomic E-state index is -0.341. The molecule has 0 aliphatic carbocycles. The highest BCUT2D eigenvalue weighted by Gasteiger charge is 2.14. The van der Waals surface area contributed by atoms with Crippen LogP contribution in [0.3, 0.4) is 0 Å². The van der Waals surface area contributed by atoms with Crippen molar-refractivity contribution in [3.8, 4) is 17.2 Å². The second-order valence-corrected chi connectivity index (χ2v) is 6.77. The second-order valence-electron chi connectivity index (χ2n) is 5.34. The Labute approximate surface area is 165 Å². The summed E-state index contributed by atoms with van der Waals surface area (Å²) in [7, 11) is 4.70. The molecule has 2 aromatic carbocycles. The predicted molar refractivity (Wildman–Crippen MR) is 109 cm³/mol. The van der Waals surface area contributed by atoms with Crippen LogP contribution in [0.25, 0.3) is 10.2 Å². The highest BCUT2D eigenvalue weighted by molar-refractivity contribution is 7.80. The molecule has 0 aliphatic rings. The number of hydrogen-bond donors (Lipinski definition) is 2. The number of carbonyl (C=O) groups excluding carboxylic acids is 1. The minimum absolute atomic E-state index is 0.146. The fourth-order valence-corrected chi connectivity index (χ4v) is 3.54. The number of benzene rings is 2. The van der Waals surface area contributed by atoms with Gasteiger partial charge in [0.2, 0.25) is 0 Å². The summed E-state index contributed by atoms with van der Waals surface area (Å²) in [6.45, 7) is 0. The number of fused-ring (bicyclic) bond motifs is 1. The van der Waals surface area contributed by atoms with Gasteiger partial charge in [0.25, 0.3) is 5.91 Å². The molecule has 0 saturated heterocycles. The molecule has 9 heteroatoms. The van der Waals surface area contributed by atoms with E-state index in [-0.39, 0.29) is 11.0 Å². The van der Waals surface area contributed by atoms with Crippen molar-refractivity contribution in [2.75, 3.05) is 26.6 Å². The lowest BCUT2D eigenvalue weighted by Crippen LogP contribution is -2.34. The Morgan fingerprint density at radius 1 is 1.07 bits per heavy atom. The standard InChI is InChI=1S/C18H17N3O4S2/c1-23-11-6-4-5-10(7-11)16(22)20-17(26)21-18-19-15-13(25-3)8-12(24-2)9-14(15)27-18/h4-9H,1-3H3,(H2,19,20,21,22,26). The molecule has 1 amide bonds. The number of amides is 1. The average molecular weight is 403 g/mol. The summed E-state index contributed by atoms with van der Waals surface area (Å²) in [5, 5.41) is 6.24. The van der Waals surface area contributed by atoms with Crippen molar-refractivity contribution in [1.82, 2.24) is 10.3 Å². The van der Waals surface area contributed by atoms with Crippen molar-refractivity contribution in [3.05, 3.63) is 42.0 Å². The molecule has 0 spiro atoms. The van der Waals surface area contributed by atoms with Crippen molar-refractivity contribution >= 4 is 49.9 Å². The van der Waals surface area contributed by atoms with E-state index in [4.69, 9.17) is 26.4 Å². The van der Waals surface area contributed by atoms with E-state index in [0.29, 0.717) is 33.5 Å². The lowest BCUT2D eigenvalue weighted by Gasteiger charge is -2.08. The van der Waals surface area contributed by atoms with Gasteiger partial charge in [0.05, 0.1) is 26.0 Å². The first-order valence-electron chi connectivity index (χ1n) is 7.83. The van der Waals surface area contributed by atoms with E-state index >= 15 is 0 Å². The maximum Gasteiger partial charge on any atom is 0.257 e. The number of thiocarbonyl (C=S) groups is 1. The largest absolute Gasteiger partial charge is 0.497 e. The third-order valence-electron chi connectivity index (χ3n) is 3.67. The van der Waals surface area contributed by atoms with Crippen molar-refractivity contribution in [2.45, 2.75) is 0 Å². The van der Waals surface area contributed by atoms with Gasteiger partial charge in [0.15, 0.2) is 10.2 Å². The summed E-state index contributed by atoms with van der Waals surface area (Å²) < 4.78 is 16.6. The van der Waals surface area contributed by atoms with Crippen LogP contribution in [-0.4, -0.2) is 37.3 Å². The number of ether oxygens (including phenoxy) is 3. The van der Waals surface area contributed by atoms with Gasteiger partial charge in [-0.2, -0.15) is 0 Å². The molecule has 1 heterocycles. The Bertz CT molecular complexity index is 1000. The van der Waals surface area contributed by atoms with E-state index in [9.17, 15) is 4.79 Å². The first kappa shape index (κ1) is 18.9. The number of methoxy groups -OCH3 is 3. The van der Waals surface area contributed by atoms with Gasteiger partial charge in [-0.25, -0.2) is 4.98 Å². The van der Waals surface area contributed by atoms with Crippen LogP contribution in [0.2, 0.25) is 0 Å². The molecule has 3 rings (SSSR count). The van der Waals surface area contributed by atoms with Crippen LogP contribution in [0.4, 0.5) is 5.13 Å². The molecular formula is C18H17N3O4S2. The third kappa shape index (κ3) is 4.26. The Morgan fingerprint density at radius 3 is 2.56 bits per heavy atom. The quantitative estimate of drug-likeness (QED) is 0.632. The zero-order chi connectivity index (χ0) is 19.4. The lowest BCUT2D eigenvalue weighted by molar-refractivity contribution is 0.0977. The smallest absolute Gasteiger partial charge is 0.257 e. The number of thiazole rings is 1. The van der Waals surface area contributed by atoms with Gasteiger partial charge in [-0.1, -0.05) is 17.4 Å². The topological polar surface area (TPSA) is 81.7 Å². The summed E-state index contributed by atoms with van der Waals surface area (Å²) in [5.41, 5.74) is 1.13. The molecule has 2 N–H and O–H groups in total. The van der Waals surface area contributed by atoms with E-state index in [1.807, 2.05) is 6.07 Å². The fourth-order valence-electron chi connectivity index (χ4n) is 2.37. The summed E-state index contributed by atoms with van der Waals surface area (Å²) in [6, 6.07) is 10.4.